The summed E-state index contributed by atoms with van der Waals surface area (Å²) in [6, 6.07) is 8.18. The molecule has 80 valence electrons. The van der Waals surface area contributed by atoms with E-state index in [1.807, 2.05) is 18.2 Å². The Morgan fingerprint density at radius 2 is 2.00 bits per heavy atom. The summed E-state index contributed by atoms with van der Waals surface area (Å²) in [6.45, 7) is 6.60. The first-order valence-corrected chi connectivity index (χ1v) is 5.56. The first kappa shape index (κ1) is 10.3. The third-order valence-electron chi connectivity index (χ3n) is 2.69. The second kappa shape index (κ2) is 3.73. The van der Waals surface area contributed by atoms with E-state index in [9.17, 15) is 0 Å². The van der Waals surface area contributed by atoms with Crippen LogP contribution in [0.25, 0.3) is 6.08 Å². The molecule has 1 nitrogen and oxygen atoms in total. The van der Waals surface area contributed by atoms with E-state index in [1.54, 1.807) is 0 Å². The molecule has 0 bridgehead atoms. The number of hydrogen-bond acceptors (Lipinski definition) is 1. The summed E-state index contributed by atoms with van der Waals surface area (Å²) >= 11 is 0. The van der Waals surface area contributed by atoms with E-state index < -0.39 is 0 Å². The van der Waals surface area contributed by atoms with Gasteiger partial charge in [-0.25, -0.2) is 0 Å². The first-order chi connectivity index (χ1) is 7.09. The lowest BCUT2D eigenvalue weighted by molar-refractivity contribution is 0.112. The molecular formula is C14H18O. The number of hydrogen-bond donors (Lipinski definition) is 0. The SMILES string of the molecule is CC(C)CC1(C)C=Cc2ccccc2O1. The van der Waals surface area contributed by atoms with Crippen LogP contribution in [0.1, 0.15) is 32.8 Å². The molecule has 2 rings (SSSR count). The Labute approximate surface area is 91.8 Å². The summed E-state index contributed by atoms with van der Waals surface area (Å²) in [5.74, 6) is 1.65. The highest BCUT2D eigenvalue weighted by Crippen LogP contribution is 2.33. The summed E-state index contributed by atoms with van der Waals surface area (Å²) in [6.07, 6.45) is 5.40. The van der Waals surface area contributed by atoms with Gasteiger partial charge in [-0.15, -0.1) is 0 Å². The molecule has 1 atom stereocenters. The standard InChI is InChI=1S/C14H18O/c1-11(2)10-14(3)9-8-12-6-4-5-7-13(12)15-14/h4-9,11H,10H2,1-3H3. The van der Waals surface area contributed by atoms with Crippen molar-refractivity contribution in [3.8, 4) is 5.75 Å². The van der Waals surface area contributed by atoms with Crippen molar-refractivity contribution < 1.29 is 4.74 Å². The second-order valence-corrected chi connectivity index (χ2v) is 4.88. The average Bonchev–Trinajstić information content (AvgIpc) is 2.15. The van der Waals surface area contributed by atoms with Gasteiger partial charge in [0.1, 0.15) is 11.4 Å². The zero-order valence-electron chi connectivity index (χ0n) is 9.66. The van der Waals surface area contributed by atoms with Crippen molar-refractivity contribution in [3.63, 3.8) is 0 Å². The maximum absolute atomic E-state index is 6.04. The van der Waals surface area contributed by atoms with Gasteiger partial charge >= 0.3 is 0 Å². The number of rotatable bonds is 2. The molecule has 0 amide bonds. The minimum absolute atomic E-state index is 0.136. The van der Waals surface area contributed by atoms with Crippen molar-refractivity contribution in [2.75, 3.05) is 0 Å². The Hall–Kier alpha value is -1.24. The van der Waals surface area contributed by atoms with E-state index >= 15 is 0 Å². The number of para-hydroxylation sites is 1. The summed E-state index contributed by atoms with van der Waals surface area (Å²) in [5, 5.41) is 0. The van der Waals surface area contributed by atoms with Crippen LogP contribution in [-0.2, 0) is 0 Å². The van der Waals surface area contributed by atoms with Crippen LogP contribution in [-0.4, -0.2) is 5.60 Å². The van der Waals surface area contributed by atoms with Crippen molar-refractivity contribution in [2.24, 2.45) is 5.92 Å². The van der Waals surface area contributed by atoms with Crippen LogP contribution in [0.3, 0.4) is 0 Å². The van der Waals surface area contributed by atoms with Gasteiger partial charge in [-0.3, -0.25) is 0 Å². The highest BCUT2D eigenvalue weighted by Gasteiger charge is 2.27. The van der Waals surface area contributed by atoms with Crippen LogP contribution in [0, 0.1) is 5.92 Å². The Bertz CT molecular complexity index is 379. The predicted molar refractivity (Wildman–Crippen MR) is 64.0 cm³/mol. The molecule has 1 heterocycles. The molecule has 1 aromatic carbocycles. The van der Waals surface area contributed by atoms with Crippen LogP contribution in [0.4, 0.5) is 0 Å². The molecule has 0 saturated heterocycles. The van der Waals surface area contributed by atoms with Gasteiger partial charge in [0, 0.05) is 5.56 Å². The quantitative estimate of drug-likeness (QED) is 0.706. The van der Waals surface area contributed by atoms with Gasteiger partial charge < -0.3 is 4.74 Å². The predicted octanol–water partition coefficient (Wildman–Crippen LogP) is 3.90. The molecular weight excluding hydrogens is 184 g/mol. The van der Waals surface area contributed by atoms with Crippen molar-refractivity contribution in [1.82, 2.24) is 0 Å². The minimum atomic E-state index is -0.136. The average molecular weight is 202 g/mol. The zero-order valence-corrected chi connectivity index (χ0v) is 9.66. The topological polar surface area (TPSA) is 9.23 Å². The van der Waals surface area contributed by atoms with Gasteiger partial charge in [-0.1, -0.05) is 38.1 Å². The molecule has 1 aliphatic heterocycles. The fraction of sp³-hybridized carbons (Fsp3) is 0.429. The molecule has 1 unspecified atom stereocenters. The maximum atomic E-state index is 6.04. The summed E-state index contributed by atoms with van der Waals surface area (Å²) in [7, 11) is 0. The molecule has 0 saturated carbocycles. The highest BCUT2D eigenvalue weighted by molar-refractivity contribution is 5.60. The molecule has 0 aliphatic carbocycles. The van der Waals surface area contributed by atoms with E-state index in [0.717, 1.165) is 12.2 Å². The Balaban J connectivity index is 2.25. The molecule has 1 aromatic rings. The maximum Gasteiger partial charge on any atom is 0.127 e. The molecule has 1 aliphatic rings. The molecule has 0 fully saturated rings. The Kier molecular flexibility index (Phi) is 2.56. The monoisotopic (exact) mass is 202 g/mol. The van der Waals surface area contributed by atoms with Crippen LogP contribution in [0.15, 0.2) is 30.3 Å². The summed E-state index contributed by atoms with van der Waals surface area (Å²) in [5.41, 5.74) is 1.04. The van der Waals surface area contributed by atoms with Gasteiger partial charge in [0.2, 0.25) is 0 Å². The Morgan fingerprint density at radius 3 is 2.73 bits per heavy atom. The van der Waals surface area contributed by atoms with Crippen molar-refractivity contribution in [2.45, 2.75) is 32.8 Å². The van der Waals surface area contributed by atoms with E-state index in [4.69, 9.17) is 4.74 Å². The minimum Gasteiger partial charge on any atom is -0.483 e. The zero-order chi connectivity index (χ0) is 10.9. The smallest absolute Gasteiger partial charge is 0.127 e. The van der Waals surface area contributed by atoms with Gasteiger partial charge in [0.05, 0.1) is 0 Å². The first-order valence-electron chi connectivity index (χ1n) is 5.56. The molecule has 0 spiro atoms. The lowest BCUT2D eigenvalue weighted by atomic mass is 9.91. The van der Waals surface area contributed by atoms with Crippen LogP contribution in [0.2, 0.25) is 0 Å². The fourth-order valence-corrected chi connectivity index (χ4v) is 2.18. The van der Waals surface area contributed by atoms with E-state index in [2.05, 4.69) is 39.0 Å². The number of ether oxygens (including phenoxy) is 1. The van der Waals surface area contributed by atoms with Gasteiger partial charge in [0.25, 0.3) is 0 Å². The third kappa shape index (κ3) is 2.23. The van der Waals surface area contributed by atoms with Crippen LogP contribution >= 0.6 is 0 Å². The van der Waals surface area contributed by atoms with Gasteiger partial charge in [-0.2, -0.15) is 0 Å². The van der Waals surface area contributed by atoms with Crippen molar-refractivity contribution >= 4 is 6.08 Å². The fourth-order valence-electron chi connectivity index (χ4n) is 2.18. The largest absolute Gasteiger partial charge is 0.483 e. The van der Waals surface area contributed by atoms with Crippen LogP contribution < -0.4 is 4.74 Å². The molecule has 0 radical (unpaired) electrons. The van der Waals surface area contributed by atoms with Gasteiger partial charge in [0.15, 0.2) is 0 Å². The normalized spacial score (nSPS) is 23.7. The molecule has 0 aromatic heterocycles. The highest BCUT2D eigenvalue weighted by atomic mass is 16.5. The molecule has 15 heavy (non-hydrogen) atoms. The van der Waals surface area contributed by atoms with E-state index in [0.29, 0.717) is 5.92 Å². The summed E-state index contributed by atoms with van der Waals surface area (Å²) in [4.78, 5) is 0. The number of fused-ring (bicyclic) bond motifs is 1. The second-order valence-electron chi connectivity index (χ2n) is 4.88. The Morgan fingerprint density at radius 1 is 1.27 bits per heavy atom. The van der Waals surface area contributed by atoms with Crippen molar-refractivity contribution in [3.05, 3.63) is 35.9 Å². The lowest BCUT2D eigenvalue weighted by Crippen LogP contribution is -2.33. The van der Waals surface area contributed by atoms with Gasteiger partial charge in [-0.05, 0) is 31.4 Å². The molecule has 1 heteroatoms. The summed E-state index contributed by atoms with van der Waals surface area (Å²) < 4.78 is 6.04. The lowest BCUT2D eigenvalue weighted by Gasteiger charge is -2.33. The molecule has 0 N–H and O–H groups in total. The van der Waals surface area contributed by atoms with E-state index in [-0.39, 0.29) is 5.60 Å². The van der Waals surface area contributed by atoms with E-state index in [1.165, 1.54) is 5.56 Å². The number of benzene rings is 1. The van der Waals surface area contributed by atoms with Crippen molar-refractivity contribution in [1.29, 1.82) is 0 Å². The van der Waals surface area contributed by atoms with Crippen LogP contribution in [0.5, 0.6) is 5.75 Å². The third-order valence-corrected chi connectivity index (χ3v) is 2.69.